The molecule has 3 nitrogen and oxygen atoms in total. The molecule has 2 heterocycles. The number of aromatic nitrogens is 1. The molecular formula is C16H27N3. The normalized spacial score (nSPS) is 19.5. The fraction of sp³-hybridized carbons (Fsp3) is 0.688. The third-order valence-corrected chi connectivity index (χ3v) is 4.11. The minimum absolute atomic E-state index is 0.426. The van der Waals surface area contributed by atoms with E-state index in [9.17, 15) is 0 Å². The fourth-order valence-corrected chi connectivity index (χ4v) is 2.81. The molecule has 0 spiro atoms. The van der Waals surface area contributed by atoms with Gasteiger partial charge in [-0.15, -0.1) is 0 Å². The van der Waals surface area contributed by atoms with Crippen molar-refractivity contribution < 1.29 is 0 Å². The predicted octanol–water partition coefficient (Wildman–Crippen LogP) is 3.00. The van der Waals surface area contributed by atoms with E-state index >= 15 is 0 Å². The van der Waals surface area contributed by atoms with Gasteiger partial charge < -0.3 is 10.2 Å². The lowest BCUT2D eigenvalue weighted by Crippen LogP contribution is -2.43. The van der Waals surface area contributed by atoms with E-state index in [1.54, 1.807) is 0 Å². The Balaban J connectivity index is 1.73. The van der Waals surface area contributed by atoms with Crippen LogP contribution in [0.4, 0.5) is 0 Å². The third kappa shape index (κ3) is 4.59. The van der Waals surface area contributed by atoms with Gasteiger partial charge in [0, 0.05) is 24.5 Å². The first kappa shape index (κ1) is 14.5. The maximum Gasteiger partial charge on any atom is 0.0295 e. The summed E-state index contributed by atoms with van der Waals surface area (Å²) in [6, 6.07) is 5.30. The van der Waals surface area contributed by atoms with Gasteiger partial charge >= 0.3 is 0 Å². The van der Waals surface area contributed by atoms with Crippen LogP contribution in [0.5, 0.6) is 0 Å². The van der Waals surface area contributed by atoms with Gasteiger partial charge in [0.25, 0.3) is 0 Å². The molecule has 1 unspecified atom stereocenters. The Hall–Kier alpha value is -0.930. The summed E-state index contributed by atoms with van der Waals surface area (Å²) in [5.74, 6) is 0. The van der Waals surface area contributed by atoms with Crippen LogP contribution in [-0.2, 0) is 0 Å². The highest BCUT2D eigenvalue weighted by molar-refractivity contribution is 5.14. The Kier molecular flexibility index (Phi) is 5.80. The molecule has 1 aromatic rings. The summed E-state index contributed by atoms with van der Waals surface area (Å²) in [7, 11) is 0. The number of pyridine rings is 1. The molecule has 1 atom stereocenters. The molecule has 2 rings (SSSR count). The molecule has 1 aliphatic rings. The molecule has 0 bridgehead atoms. The maximum absolute atomic E-state index is 4.08. The third-order valence-electron chi connectivity index (χ3n) is 4.11. The molecule has 0 radical (unpaired) electrons. The van der Waals surface area contributed by atoms with Crippen LogP contribution in [-0.4, -0.2) is 35.6 Å². The zero-order valence-corrected chi connectivity index (χ0v) is 12.3. The Bertz CT molecular complexity index is 344. The van der Waals surface area contributed by atoms with Crippen molar-refractivity contribution in [1.82, 2.24) is 15.2 Å². The van der Waals surface area contributed by atoms with Crippen LogP contribution in [0.3, 0.4) is 0 Å². The molecular weight excluding hydrogens is 234 g/mol. The summed E-state index contributed by atoms with van der Waals surface area (Å²) in [4.78, 5) is 6.69. The summed E-state index contributed by atoms with van der Waals surface area (Å²) < 4.78 is 0. The topological polar surface area (TPSA) is 28.2 Å². The van der Waals surface area contributed by atoms with Crippen molar-refractivity contribution in [3.63, 3.8) is 0 Å². The smallest absolute Gasteiger partial charge is 0.0295 e. The van der Waals surface area contributed by atoms with E-state index in [0.29, 0.717) is 12.1 Å². The van der Waals surface area contributed by atoms with Crippen molar-refractivity contribution in [1.29, 1.82) is 0 Å². The second kappa shape index (κ2) is 7.61. The van der Waals surface area contributed by atoms with E-state index in [4.69, 9.17) is 0 Å². The van der Waals surface area contributed by atoms with E-state index in [0.717, 1.165) is 0 Å². The van der Waals surface area contributed by atoms with Crippen molar-refractivity contribution in [3.8, 4) is 0 Å². The van der Waals surface area contributed by atoms with Crippen LogP contribution in [0, 0.1) is 0 Å². The van der Waals surface area contributed by atoms with Crippen LogP contribution >= 0.6 is 0 Å². The highest BCUT2D eigenvalue weighted by atomic mass is 15.1. The summed E-state index contributed by atoms with van der Waals surface area (Å²) in [6.07, 6.45) is 8.95. The van der Waals surface area contributed by atoms with Gasteiger partial charge in [-0.05, 0) is 63.5 Å². The minimum Gasteiger partial charge on any atom is -0.307 e. The average molecular weight is 261 g/mol. The van der Waals surface area contributed by atoms with Crippen molar-refractivity contribution >= 4 is 0 Å². The van der Waals surface area contributed by atoms with Gasteiger partial charge in [-0.1, -0.05) is 13.3 Å². The van der Waals surface area contributed by atoms with Gasteiger partial charge in [0.2, 0.25) is 0 Å². The molecule has 19 heavy (non-hydrogen) atoms. The summed E-state index contributed by atoms with van der Waals surface area (Å²) in [5.41, 5.74) is 1.34. The molecule has 1 aliphatic heterocycles. The van der Waals surface area contributed by atoms with Crippen LogP contribution in [0.25, 0.3) is 0 Å². The molecule has 0 amide bonds. The predicted molar refractivity (Wildman–Crippen MR) is 80.2 cm³/mol. The SMILES string of the molecule is CCCCN1CCC(NC(C)c2ccncc2)CC1. The molecule has 1 aromatic heterocycles. The van der Waals surface area contributed by atoms with Crippen LogP contribution in [0.15, 0.2) is 24.5 Å². The number of hydrogen-bond acceptors (Lipinski definition) is 3. The number of likely N-dealkylation sites (tertiary alicyclic amines) is 1. The Morgan fingerprint density at radius 3 is 2.63 bits per heavy atom. The molecule has 1 saturated heterocycles. The Morgan fingerprint density at radius 1 is 1.32 bits per heavy atom. The first-order valence-corrected chi connectivity index (χ1v) is 7.68. The lowest BCUT2D eigenvalue weighted by atomic mass is 10.0. The number of hydrogen-bond donors (Lipinski definition) is 1. The Morgan fingerprint density at radius 2 is 2.00 bits per heavy atom. The number of piperidine rings is 1. The van der Waals surface area contributed by atoms with E-state index in [1.165, 1.54) is 50.9 Å². The molecule has 0 aromatic carbocycles. The van der Waals surface area contributed by atoms with Crippen molar-refractivity contribution in [2.75, 3.05) is 19.6 Å². The molecule has 1 N–H and O–H groups in total. The average Bonchev–Trinajstić information content (AvgIpc) is 2.47. The first-order valence-electron chi connectivity index (χ1n) is 7.68. The van der Waals surface area contributed by atoms with Crippen molar-refractivity contribution in [3.05, 3.63) is 30.1 Å². The van der Waals surface area contributed by atoms with E-state index in [-0.39, 0.29) is 0 Å². The highest BCUT2D eigenvalue weighted by Gasteiger charge is 2.20. The second-order valence-electron chi connectivity index (χ2n) is 5.64. The highest BCUT2D eigenvalue weighted by Crippen LogP contribution is 2.17. The molecule has 106 valence electrons. The molecule has 0 aliphatic carbocycles. The standard InChI is InChI=1S/C16H27N3/c1-3-4-11-19-12-7-16(8-13-19)18-14(2)15-5-9-17-10-6-15/h5-6,9-10,14,16,18H,3-4,7-8,11-13H2,1-2H3. The van der Waals surface area contributed by atoms with Crippen LogP contribution < -0.4 is 5.32 Å². The lowest BCUT2D eigenvalue weighted by Gasteiger charge is -2.34. The van der Waals surface area contributed by atoms with Gasteiger partial charge in [-0.2, -0.15) is 0 Å². The van der Waals surface area contributed by atoms with E-state index in [1.807, 2.05) is 12.4 Å². The fourth-order valence-electron chi connectivity index (χ4n) is 2.81. The molecule has 0 saturated carbocycles. The quantitative estimate of drug-likeness (QED) is 0.853. The minimum atomic E-state index is 0.426. The Labute approximate surface area is 117 Å². The van der Waals surface area contributed by atoms with E-state index in [2.05, 4.69) is 41.2 Å². The largest absolute Gasteiger partial charge is 0.307 e. The summed E-state index contributed by atoms with van der Waals surface area (Å²) in [5, 5.41) is 3.76. The van der Waals surface area contributed by atoms with Crippen molar-refractivity contribution in [2.24, 2.45) is 0 Å². The van der Waals surface area contributed by atoms with Gasteiger partial charge in [-0.25, -0.2) is 0 Å². The van der Waals surface area contributed by atoms with Crippen LogP contribution in [0.2, 0.25) is 0 Å². The number of nitrogens with zero attached hydrogens (tertiary/aromatic N) is 2. The van der Waals surface area contributed by atoms with Gasteiger partial charge in [0.1, 0.15) is 0 Å². The van der Waals surface area contributed by atoms with E-state index < -0.39 is 0 Å². The number of unbranched alkanes of at least 4 members (excludes halogenated alkanes) is 1. The summed E-state index contributed by atoms with van der Waals surface area (Å²) >= 11 is 0. The molecule has 3 heteroatoms. The zero-order chi connectivity index (χ0) is 13.5. The summed E-state index contributed by atoms with van der Waals surface area (Å²) in [6.45, 7) is 8.30. The number of nitrogens with one attached hydrogen (secondary N) is 1. The van der Waals surface area contributed by atoms with Gasteiger partial charge in [-0.3, -0.25) is 4.98 Å². The maximum atomic E-state index is 4.08. The number of rotatable bonds is 6. The first-order chi connectivity index (χ1) is 9.29. The van der Waals surface area contributed by atoms with Gasteiger partial charge in [0.05, 0.1) is 0 Å². The second-order valence-corrected chi connectivity index (χ2v) is 5.64. The van der Waals surface area contributed by atoms with Crippen molar-refractivity contribution in [2.45, 2.75) is 51.6 Å². The lowest BCUT2D eigenvalue weighted by molar-refractivity contribution is 0.190. The monoisotopic (exact) mass is 261 g/mol. The van der Waals surface area contributed by atoms with Gasteiger partial charge in [0.15, 0.2) is 0 Å². The molecule has 1 fully saturated rings. The zero-order valence-electron chi connectivity index (χ0n) is 12.3. The van der Waals surface area contributed by atoms with Crippen LogP contribution in [0.1, 0.15) is 51.1 Å².